The third kappa shape index (κ3) is 20.8. The van der Waals surface area contributed by atoms with E-state index in [2.05, 4.69) is 6.92 Å². The van der Waals surface area contributed by atoms with Gasteiger partial charge in [0.15, 0.2) is 0 Å². The topological polar surface area (TPSA) is 20.2 Å². The van der Waals surface area contributed by atoms with E-state index in [0.717, 1.165) is 6.42 Å². The molecule has 0 aromatic heterocycles. The average molecular weight is 297 g/mol. The van der Waals surface area contributed by atoms with Crippen molar-refractivity contribution in [3.8, 4) is 0 Å². The molecule has 0 bridgehead atoms. The Labute approximate surface area is 139 Å². The molecule has 1 nitrogen and oxygen atoms in total. The van der Waals surface area contributed by atoms with Crippen LogP contribution in [-0.2, 0) is 0 Å². The lowest BCUT2D eigenvalue weighted by Gasteiger charge is -2.03. The van der Waals surface area contributed by atoms with Gasteiger partial charge in [0.25, 0.3) is 0 Å². The van der Waals surface area contributed by atoms with Crippen molar-refractivity contribution in [2.45, 2.75) is 110 Å². The first-order chi connectivity index (χ1) is 9.41. The molecule has 0 saturated heterocycles. The van der Waals surface area contributed by atoms with Crippen LogP contribution < -0.4 is 0 Å². The van der Waals surface area contributed by atoms with Gasteiger partial charge in [0, 0.05) is 24.0 Å². The van der Waals surface area contributed by atoms with E-state index in [9.17, 15) is 0 Å². The van der Waals surface area contributed by atoms with Crippen molar-refractivity contribution in [1.29, 1.82) is 0 Å². The van der Waals surface area contributed by atoms with Crippen LogP contribution in [0.25, 0.3) is 0 Å². The Balaban J connectivity index is 0. The summed E-state index contributed by atoms with van der Waals surface area (Å²) in [6.45, 7) is 2.66. The Bertz CT molecular complexity index is 134. The van der Waals surface area contributed by atoms with E-state index in [-0.39, 0.29) is 17.4 Å². The summed E-state index contributed by atoms with van der Waals surface area (Å²) < 4.78 is 0. The van der Waals surface area contributed by atoms with Crippen molar-refractivity contribution in [1.82, 2.24) is 0 Å². The molecule has 2 heteroatoms. The summed E-state index contributed by atoms with van der Waals surface area (Å²) in [7, 11) is 0. The van der Waals surface area contributed by atoms with Crippen molar-refractivity contribution in [3.05, 3.63) is 0 Å². The third-order valence-corrected chi connectivity index (χ3v) is 4.01. The molecular formula is C18H38AlO. The van der Waals surface area contributed by atoms with Gasteiger partial charge in [-0.1, -0.05) is 103 Å². The quantitative estimate of drug-likeness (QED) is 0.279. The van der Waals surface area contributed by atoms with Crippen molar-refractivity contribution in [2.75, 3.05) is 6.61 Å². The second-order valence-electron chi connectivity index (χ2n) is 6.03. The molecule has 0 unspecified atom stereocenters. The minimum atomic E-state index is 0. The first kappa shape index (κ1) is 22.8. The minimum Gasteiger partial charge on any atom is -0.396 e. The van der Waals surface area contributed by atoms with Crippen LogP contribution in [0.5, 0.6) is 0 Å². The molecule has 0 rings (SSSR count). The van der Waals surface area contributed by atoms with Gasteiger partial charge >= 0.3 is 0 Å². The van der Waals surface area contributed by atoms with Gasteiger partial charge in [0.1, 0.15) is 0 Å². The molecular weight excluding hydrogens is 259 g/mol. The van der Waals surface area contributed by atoms with E-state index in [0.29, 0.717) is 6.61 Å². The SMILES string of the molecule is CCCCCCCCCCCCCCCCCCO.[Al]. The molecule has 119 valence electrons. The van der Waals surface area contributed by atoms with Gasteiger partial charge in [0.2, 0.25) is 0 Å². The maximum atomic E-state index is 8.67. The standard InChI is InChI=1S/C18H38O.Al/c1-2-3-4-5-6-7-8-9-10-11-12-13-14-15-16-17-18-19;/h19H,2-18H2,1H3;. The Morgan fingerprint density at radius 3 is 0.950 bits per heavy atom. The van der Waals surface area contributed by atoms with E-state index in [1.165, 1.54) is 96.3 Å². The summed E-state index contributed by atoms with van der Waals surface area (Å²) in [6.07, 6.45) is 22.2. The fourth-order valence-electron chi connectivity index (χ4n) is 2.66. The van der Waals surface area contributed by atoms with Crippen LogP contribution in [0, 0.1) is 0 Å². The van der Waals surface area contributed by atoms with Crippen LogP contribution in [0.2, 0.25) is 0 Å². The average Bonchev–Trinajstić information content (AvgIpc) is 2.43. The molecule has 0 fully saturated rings. The summed E-state index contributed by atoms with van der Waals surface area (Å²) in [4.78, 5) is 0. The lowest BCUT2D eigenvalue weighted by molar-refractivity contribution is 0.282. The molecule has 0 saturated carbocycles. The Hall–Kier alpha value is 0.492. The Kier molecular flexibility index (Phi) is 24.8. The number of hydrogen-bond acceptors (Lipinski definition) is 1. The minimum absolute atomic E-state index is 0. The molecule has 0 aromatic carbocycles. The zero-order valence-corrected chi connectivity index (χ0v) is 15.2. The number of hydrogen-bond donors (Lipinski definition) is 1. The van der Waals surface area contributed by atoms with E-state index in [1.54, 1.807) is 0 Å². The molecule has 3 radical (unpaired) electrons. The van der Waals surface area contributed by atoms with Gasteiger partial charge < -0.3 is 5.11 Å². The zero-order valence-electron chi connectivity index (χ0n) is 14.0. The van der Waals surface area contributed by atoms with Crippen LogP contribution in [0.3, 0.4) is 0 Å². The smallest absolute Gasteiger partial charge is 0.0431 e. The summed E-state index contributed by atoms with van der Waals surface area (Å²) >= 11 is 0. The number of aliphatic hydroxyl groups excluding tert-OH is 1. The molecule has 0 amide bonds. The fraction of sp³-hybridized carbons (Fsp3) is 1.00. The molecule has 0 aromatic rings. The highest BCUT2D eigenvalue weighted by molar-refractivity contribution is 5.75. The molecule has 0 spiro atoms. The first-order valence-electron chi connectivity index (χ1n) is 9.02. The van der Waals surface area contributed by atoms with Crippen LogP contribution in [-0.4, -0.2) is 29.1 Å². The van der Waals surface area contributed by atoms with Crippen LogP contribution in [0.15, 0.2) is 0 Å². The summed E-state index contributed by atoms with van der Waals surface area (Å²) in [6, 6.07) is 0. The lowest BCUT2D eigenvalue weighted by atomic mass is 10.0. The van der Waals surface area contributed by atoms with Crippen LogP contribution in [0.4, 0.5) is 0 Å². The Morgan fingerprint density at radius 2 is 0.700 bits per heavy atom. The van der Waals surface area contributed by atoms with Gasteiger partial charge in [-0.25, -0.2) is 0 Å². The van der Waals surface area contributed by atoms with E-state index in [1.807, 2.05) is 0 Å². The molecule has 1 N–H and O–H groups in total. The normalized spacial score (nSPS) is 10.5. The number of aliphatic hydroxyl groups is 1. The molecule has 0 atom stereocenters. The van der Waals surface area contributed by atoms with Crippen molar-refractivity contribution in [3.63, 3.8) is 0 Å². The van der Waals surface area contributed by atoms with Gasteiger partial charge in [0.05, 0.1) is 0 Å². The fourth-order valence-corrected chi connectivity index (χ4v) is 2.66. The second kappa shape index (κ2) is 21.8. The molecule has 20 heavy (non-hydrogen) atoms. The third-order valence-electron chi connectivity index (χ3n) is 4.01. The summed E-state index contributed by atoms with van der Waals surface area (Å²) in [5, 5.41) is 8.67. The van der Waals surface area contributed by atoms with Crippen LogP contribution in [0.1, 0.15) is 110 Å². The number of rotatable bonds is 16. The maximum Gasteiger partial charge on any atom is 0.0431 e. The highest BCUT2D eigenvalue weighted by Crippen LogP contribution is 2.13. The second-order valence-corrected chi connectivity index (χ2v) is 6.03. The highest BCUT2D eigenvalue weighted by atomic mass is 27.0. The first-order valence-corrected chi connectivity index (χ1v) is 9.02. The van der Waals surface area contributed by atoms with Gasteiger partial charge in [-0.2, -0.15) is 0 Å². The van der Waals surface area contributed by atoms with Gasteiger partial charge in [-0.3, -0.25) is 0 Å². The number of unbranched alkanes of at least 4 members (excludes halogenated alkanes) is 15. The zero-order chi connectivity index (χ0) is 14.0. The van der Waals surface area contributed by atoms with Gasteiger partial charge in [-0.05, 0) is 6.42 Å². The predicted molar refractivity (Wildman–Crippen MR) is 92.4 cm³/mol. The van der Waals surface area contributed by atoms with Crippen molar-refractivity contribution in [2.24, 2.45) is 0 Å². The van der Waals surface area contributed by atoms with E-state index >= 15 is 0 Å². The highest BCUT2D eigenvalue weighted by Gasteiger charge is 1.94. The molecule has 0 aliphatic carbocycles. The predicted octanol–water partition coefficient (Wildman–Crippen LogP) is 5.86. The Morgan fingerprint density at radius 1 is 0.450 bits per heavy atom. The van der Waals surface area contributed by atoms with Crippen molar-refractivity contribution >= 4 is 17.4 Å². The van der Waals surface area contributed by atoms with E-state index in [4.69, 9.17) is 5.11 Å². The van der Waals surface area contributed by atoms with Gasteiger partial charge in [-0.15, -0.1) is 0 Å². The summed E-state index contributed by atoms with van der Waals surface area (Å²) in [5.41, 5.74) is 0. The lowest BCUT2D eigenvalue weighted by Crippen LogP contribution is -1.85. The molecule has 0 aliphatic rings. The maximum absolute atomic E-state index is 8.67. The molecule has 0 aliphatic heterocycles. The van der Waals surface area contributed by atoms with Crippen LogP contribution >= 0.6 is 0 Å². The largest absolute Gasteiger partial charge is 0.396 e. The molecule has 0 heterocycles. The van der Waals surface area contributed by atoms with E-state index < -0.39 is 0 Å². The van der Waals surface area contributed by atoms with Crippen molar-refractivity contribution < 1.29 is 5.11 Å². The monoisotopic (exact) mass is 297 g/mol. The summed E-state index contributed by atoms with van der Waals surface area (Å²) in [5.74, 6) is 0.